The van der Waals surface area contributed by atoms with Crippen LogP contribution >= 0.6 is 0 Å². The highest BCUT2D eigenvalue weighted by atomic mass is 19.1. The summed E-state index contributed by atoms with van der Waals surface area (Å²) in [6.45, 7) is 2.52. The summed E-state index contributed by atoms with van der Waals surface area (Å²) in [6, 6.07) is 9.69. The Balaban J connectivity index is 1.59. The fraction of sp³-hybridized carbons (Fsp3) is 0.400. The maximum Gasteiger partial charge on any atom is 0.125 e. The van der Waals surface area contributed by atoms with Gasteiger partial charge in [-0.05, 0) is 42.8 Å². The van der Waals surface area contributed by atoms with Crippen LogP contribution in [0.3, 0.4) is 0 Å². The van der Waals surface area contributed by atoms with Crippen molar-refractivity contribution in [2.24, 2.45) is 0 Å². The lowest BCUT2D eigenvalue weighted by Crippen LogP contribution is -2.35. The van der Waals surface area contributed by atoms with E-state index < -0.39 is 6.10 Å². The third kappa shape index (κ3) is 4.08. The standard InChI is InChI=1S/C20H24FNO4/c1-24-18-8-9-19(25-2)20-16(18)12-22(13-17(20)23)10-3-11-26-15-6-4-14(21)5-7-15/h4-9,17,23H,3,10-13H2,1-2H3/t17-/m0/s1. The summed E-state index contributed by atoms with van der Waals surface area (Å²) < 4.78 is 29.4. The van der Waals surface area contributed by atoms with E-state index in [1.165, 1.54) is 12.1 Å². The Kier molecular flexibility index (Phi) is 5.96. The second-order valence-corrected chi connectivity index (χ2v) is 6.27. The molecule has 26 heavy (non-hydrogen) atoms. The highest BCUT2D eigenvalue weighted by Crippen LogP contribution is 2.39. The maximum absolute atomic E-state index is 12.9. The molecule has 0 bridgehead atoms. The van der Waals surface area contributed by atoms with Crippen molar-refractivity contribution in [2.45, 2.75) is 19.1 Å². The summed E-state index contributed by atoms with van der Waals surface area (Å²) in [5.74, 6) is 1.82. The van der Waals surface area contributed by atoms with Crippen LogP contribution in [-0.2, 0) is 6.54 Å². The Morgan fingerprint density at radius 1 is 1.08 bits per heavy atom. The largest absolute Gasteiger partial charge is 0.496 e. The third-order valence-electron chi connectivity index (χ3n) is 4.56. The van der Waals surface area contributed by atoms with Crippen molar-refractivity contribution in [1.82, 2.24) is 4.90 Å². The Bertz CT molecular complexity index is 735. The Labute approximate surface area is 152 Å². The van der Waals surface area contributed by atoms with E-state index in [4.69, 9.17) is 14.2 Å². The summed E-state index contributed by atoms with van der Waals surface area (Å²) >= 11 is 0. The summed E-state index contributed by atoms with van der Waals surface area (Å²) in [5, 5.41) is 10.6. The molecule has 0 saturated carbocycles. The predicted molar refractivity (Wildman–Crippen MR) is 96.3 cm³/mol. The first kappa shape index (κ1) is 18.5. The number of methoxy groups -OCH3 is 2. The highest BCUT2D eigenvalue weighted by Gasteiger charge is 2.29. The molecule has 1 atom stereocenters. The lowest BCUT2D eigenvalue weighted by molar-refractivity contribution is 0.0849. The molecule has 6 heteroatoms. The zero-order valence-corrected chi connectivity index (χ0v) is 15.1. The molecular weight excluding hydrogens is 337 g/mol. The summed E-state index contributed by atoms with van der Waals surface area (Å²) in [4.78, 5) is 2.17. The molecule has 0 radical (unpaired) electrons. The van der Waals surface area contributed by atoms with Crippen molar-refractivity contribution in [1.29, 1.82) is 0 Å². The number of rotatable bonds is 7. The number of fused-ring (bicyclic) bond motifs is 1. The SMILES string of the molecule is COc1ccc(OC)c2c1CN(CCCOc1ccc(F)cc1)C[C@@H]2O. The minimum absolute atomic E-state index is 0.275. The molecule has 0 saturated heterocycles. The monoisotopic (exact) mass is 361 g/mol. The van der Waals surface area contributed by atoms with Gasteiger partial charge in [0.15, 0.2) is 0 Å². The van der Waals surface area contributed by atoms with Gasteiger partial charge in [0.1, 0.15) is 23.1 Å². The number of ether oxygens (including phenoxy) is 3. The molecule has 0 aromatic heterocycles. The van der Waals surface area contributed by atoms with Gasteiger partial charge in [-0.25, -0.2) is 4.39 Å². The van der Waals surface area contributed by atoms with E-state index in [0.717, 1.165) is 29.8 Å². The first-order valence-corrected chi connectivity index (χ1v) is 8.65. The van der Waals surface area contributed by atoms with E-state index >= 15 is 0 Å². The van der Waals surface area contributed by atoms with Gasteiger partial charge in [-0.2, -0.15) is 0 Å². The second-order valence-electron chi connectivity index (χ2n) is 6.27. The van der Waals surface area contributed by atoms with E-state index in [-0.39, 0.29) is 5.82 Å². The number of aliphatic hydroxyl groups excluding tert-OH is 1. The molecule has 2 aromatic rings. The van der Waals surface area contributed by atoms with Crippen molar-refractivity contribution < 1.29 is 23.7 Å². The zero-order chi connectivity index (χ0) is 18.5. The zero-order valence-electron chi connectivity index (χ0n) is 15.1. The molecule has 0 spiro atoms. The van der Waals surface area contributed by atoms with E-state index in [2.05, 4.69) is 4.90 Å². The Morgan fingerprint density at radius 2 is 1.77 bits per heavy atom. The molecule has 0 unspecified atom stereocenters. The Morgan fingerprint density at radius 3 is 2.46 bits per heavy atom. The summed E-state index contributed by atoms with van der Waals surface area (Å²) in [6.07, 6.45) is 0.174. The fourth-order valence-corrected chi connectivity index (χ4v) is 3.32. The predicted octanol–water partition coefficient (Wildman–Crippen LogP) is 3.16. The number of halogens is 1. The quantitative estimate of drug-likeness (QED) is 0.768. The Hall–Kier alpha value is -2.31. The number of hydrogen-bond acceptors (Lipinski definition) is 5. The van der Waals surface area contributed by atoms with Gasteiger partial charge in [0.05, 0.1) is 26.9 Å². The van der Waals surface area contributed by atoms with Crippen LogP contribution in [0.5, 0.6) is 17.2 Å². The molecule has 5 nitrogen and oxygen atoms in total. The molecule has 0 aliphatic carbocycles. The van der Waals surface area contributed by atoms with Crippen LogP contribution in [0, 0.1) is 5.82 Å². The van der Waals surface area contributed by atoms with Gasteiger partial charge in [-0.3, -0.25) is 4.90 Å². The van der Waals surface area contributed by atoms with Crippen LogP contribution in [-0.4, -0.2) is 43.9 Å². The van der Waals surface area contributed by atoms with Crippen LogP contribution in [0.4, 0.5) is 4.39 Å². The molecule has 140 valence electrons. The molecular formula is C20H24FNO4. The van der Waals surface area contributed by atoms with Crippen LogP contribution in [0.2, 0.25) is 0 Å². The topological polar surface area (TPSA) is 51.2 Å². The summed E-state index contributed by atoms with van der Waals surface area (Å²) in [7, 11) is 3.23. The minimum atomic E-state index is -0.623. The van der Waals surface area contributed by atoms with Crippen molar-refractivity contribution in [2.75, 3.05) is 33.9 Å². The van der Waals surface area contributed by atoms with E-state index in [0.29, 0.717) is 31.2 Å². The molecule has 1 heterocycles. The van der Waals surface area contributed by atoms with Crippen LogP contribution in [0.25, 0.3) is 0 Å². The van der Waals surface area contributed by atoms with Gasteiger partial charge in [0.25, 0.3) is 0 Å². The van der Waals surface area contributed by atoms with Crippen molar-refractivity contribution in [3.63, 3.8) is 0 Å². The molecule has 0 amide bonds. The number of nitrogens with zero attached hydrogens (tertiary/aromatic N) is 1. The maximum atomic E-state index is 12.9. The van der Waals surface area contributed by atoms with Crippen molar-refractivity contribution in [3.05, 3.63) is 53.3 Å². The van der Waals surface area contributed by atoms with Gasteiger partial charge < -0.3 is 19.3 Å². The second kappa shape index (κ2) is 8.38. The van der Waals surface area contributed by atoms with Gasteiger partial charge >= 0.3 is 0 Å². The first-order chi connectivity index (χ1) is 12.6. The summed E-state index contributed by atoms with van der Waals surface area (Å²) in [5.41, 5.74) is 1.77. The van der Waals surface area contributed by atoms with Gasteiger partial charge in [-0.1, -0.05) is 0 Å². The molecule has 1 aliphatic heterocycles. The third-order valence-corrected chi connectivity index (χ3v) is 4.56. The van der Waals surface area contributed by atoms with E-state index in [9.17, 15) is 9.50 Å². The molecule has 3 rings (SSSR count). The molecule has 1 N–H and O–H groups in total. The van der Waals surface area contributed by atoms with E-state index in [1.54, 1.807) is 26.4 Å². The van der Waals surface area contributed by atoms with Gasteiger partial charge in [0.2, 0.25) is 0 Å². The number of β-amino-alcohol motifs (C(OH)–C–C–N with tert-alkyl or cyclic N) is 1. The molecule has 0 fully saturated rings. The highest BCUT2D eigenvalue weighted by molar-refractivity contribution is 5.51. The molecule has 2 aromatic carbocycles. The van der Waals surface area contributed by atoms with Crippen LogP contribution < -0.4 is 14.2 Å². The smallest absolute Gasteiger partial charge is 0.125 e. The fourth-order valence-electron chi connectivity index (χ4n) is 3.32. The average molecular weight is 361 g/mol. The van der Waals surface area contributed by atoms with Gasteiger partial charge in [0, 0.05) is 30.8 Å². The number of aliphatic hydroxyl groups is 1. The normalized spacial score (nSPS) is 16.8. The van der Waals surface area contributed by atoms with Gasteiger partial charge in [-0.15, -0.1) is 0 Å². The van der Waals surface area contributed by atoms with Crippen LogP contribution in [0.15, 0.2) is 36.4 Å². The lowest BCUT2D eigenvalue weighted by Gasteiger charge is -2.33. The number of hydrogen-bond donors (Lipinski definition) is 1. The lowest BCUT2D eigenvalue weighted by atomic mass is 9.95. The minimum Gasteiger partial charge on any atom is -0.496 e. The molecule has 1 aliphatic rings. The van der Waals surface area contributed by atoms with Crippen molar-refractivity contribution >= 4 is 0 Å². The van der Waals surface area contributed by atoms with Crippen molar-refractivity contribution in [3.8, 4) is 17.2 Å². The first-order valence-electron chi connectivity index (χ1n) is 8.65. The van der Waals surface area contributed by atoms with Crippen LogP contribution in [0.1, 0.15) is 23.7 Å². The number of benzene rings is 2. The average Bonchev–Trinajstić information content (AvgIpc) is 2.65. The van der Waals surface area contributed by atoms with E-state index in [1.807, 2.05) is 12.1 Å².